The molecule has 0 aromatic heterocycles. The van der Waals surface area contributed by atoms with E-state index < -0.39 is 0 Å². The zero-order valence-corrected chi connectivity index (χ0v) is 9.93. The number of nitrogens with two attached hydrogens (primary N) is 1. The summed E-state index contributed by atoms with van der Waals surface area (Å²) in [6, 6.07) is 1.32. The van der Waals surface area contributed by atoms with Gasteiger partial charge >= 0.3 is 0 Å². The molecule has 0 radical (unpaired) electrons. The van der Waals surface area contributed by atoms with E-state index in [9.17, 15) is 0 Å². The van der Waals surface area contributed by atoms with Gasteiger partial charge in [-0.05, 0) is 38.0 Å². The fraction of sp³-hybridized carbons (Fsp3) is 1.00. The smallest absolute Gasteiger partial charge is 0.0180 e. The Hall–Kier alpha value is 0.210. The van der Waals surface area contributed by atoms with Crippen molar-refractivity contribution in [3.8, 4) is 0 Å². The molecule has 1 aliphatic heterocycles. The second-order valence-corrected chi connectivity index (χ2v) is 4.96. The predicted molar refractivity (Wildman–Crippen MR) is 62.8 cm³/mol. The normalized spacial score (nSPS) is 39.4. The molecule has 2 N–H and O–H groups in total. The largest absolute Gasteiger partial charge is 0.326 e. The van der Waals surface area contributed by atoms with Crippen molar-refractivity contribution in [2.75, 3.05) is 13.1 Å². The van der Waals surface area contributed by atoms with E-state index in [1.807, 2.05) is 0 Å². The number of hydrogen-bond acceptors (Lipinski definition) is 2. The summed E-state index contributed by atoms with van der Waals surface area (Å²) in [7, 11) is 0. The van der Waals surface area contributed by atoms with Crippen molar-refractivity contribution in [3.05, 3.63) is 0 Å². The van der Waals surface area contributed by atoms with Crippen LogP contribution in [0.3, 0.4) is 0 Å². The molecular weight excluding hydrogens is 196 g/mol. The van der Waals surface area contributed by atoms with Gasteiger partial charge in [-0.3, -0.25) is 4.90 Å². The molecule has 0 aromatic carbocycles. The van der Waals surface area contributed by atoms with Gasteiger partial charge in [0.25, 0.3) is 0 Å². The lowest BCUT2D eigenvalue weighted by molar-refractivity contribution is 0.168. The zero-order chi connectivity index (χ0) is 9.26. The number of nitrogens with zero attached hydrogens (tertiary/aromatic N) is 1. The third-order valence-corrected chi connectivity index (χ3v) is 3.76. The van der Waals surface area contributed by atoms with Gasteiger partial charge in [0.15, 0.2) is 0 Å². The van der Waals surface area contributed by atoms with Crippen LogP contribution in [-0.4, -0.2) is 30.1 Å². The Labute approximate surface area is 93.6 Å². The first-order chi connectivity index (χ1) is 6.25. The van der Waals surface area contributed by atoms with Gasteiger partial charge in [-0.25, -0.2) is 0 Å². The monoisotopic (exact) mass is 218 g/mol. The standard InChI is InChI=1S/C11H22N2.ClH/c1-9-2-4-11(5-3-9)13-7-6-10(12)8-13;/h9-11H,2-8,12H2,1H3;1H/t9?,10-,11?;/m0./s1. The summed E-state index contributed by atoms with van der Waals surface area (Å²) in [6.07, 6.45) is 6.89. The highest BCUT2D eigenvalue weighted by atomic mass is 35.5. The fourth-order valence-electron chi connectivity index (χ4n) is 2.75. The summed E-state index contributed by atoms with van der Waals surface area (Å²) in [5.41, 5.74) is 5.92. The molecule has 2 nitrogen and oxygen atoms in total. The van der Waals surface area contributed by atoms with E-state index >= 15 is 0 Å². The maximum atomic E-state index is 5.92. The van der Waals surface area contributed by atoms with E-state index in [0.29, 0.717) is 6.04 Å². The molecule has 0 bridgehead atoms. The van der Waals surface area contributed by atoms with Crippen LogP contribution in [0.15, 0.2) is 0 Å². The maximum Gasteiger partial charge on any atom is 0.0180 e. The van der Waals surface area contributed by atoms with Crippen LogP contribution in [0.4, 0.5) is 0 Å². The molecule has 2 fully saturated rings. The van der Waals surface area contributed by atoms with Crippen molar-refractivity contribution in [3.63, 3.8) is 0 Å². The molecule has 1 atom stereocenters. The summed E-state index contributed by atoms with van der Waals surface area (Å²) < 4.78 is 0. The van der Waals surface area contributed by atoms with E-state index in [-0.39, 0.29) is 12.4 Å². The number of rotatable bonds is 1. The van der Waals surface area contributed by atoms with Gasteiger partial charge in [-0.2, -0.15) is 0 Å². The highest BCUT2D eigenvalue weighted by Crippen LogP contribution is 2.28. The summed E-state index contributed by atoms with van der Waals surface area (Å²) >= 11 is 0. The quantitative estimate of drug-likeness (QED) is 0.730. The van der Waals surface area contributed by atoms with Crippen molar-refractivity contribution in [2.45, 2.75) is 51.1 Å². The first kappa shape index (κ1) is 12.3. The van der Waals surface area contributed by atoms with Gasteiger partial charge in [-0.15, -0.1) is 12.4 Å². The fourth-order valence-corrected chi connectivity index (χ4v) is 2.75. The highest BCUT2D eigenvalue weighted by molar-refractivity contribution is 5.85. The lowest BCUT2D eigenvalue weighted by Gasteiger charge is -2.33. The first-order valence-electron chi connectivity index (χ1n) is 5.75. The van der Waals surface area contributed by atoms with Crippen molar-refractivity contribution in [2.24, 2.45) is 11.7 Å². The highest BCUT2D eigenvalue weighted by Gasteiger charge is 2.28. The summed E-state index contributed by atoms with van der Waals surface area (Å²) in [5.74, 6) is 0.965. The molecule has 2 rings (SSSR count). The molecule has 14 heavy (non-hydrogen) atoms. The average molecular weight is 219 g/mol. The lowest BCUT2D eigenvalue weighted by atomic mass is 9.87. The van der Waals surface area contributed by atoms with Crippen LogP contribution >= 0.6 is 12.4 Å². The van der Waals surface area contributed by atoms with Gasteiger partial charge in [0.2, 0.25) is 0 Å². The molecule has 0 amide bonds. The van der Waals surface area contributed by atoms with Crippen molar-refractivity contribution >= 4 is 12.4 Å². The Morgan fingerprint density at radius 2 is 1.71 bits per heavy atom. The molecule has 1 aliphatic carbocycles. The van der Waals surface area contributed by atoms with Crippen LogP contribution in [0.2, 0.25) is 0 Å². The Morgan fingerprint density at radius 1 is 1.07 bits per heavy atom. The second-order valence-electron chi connectivity index (χ2n) is 4.96. The maximum absolute atomic E-state index is 5.92. The zero-order valence-electron chi connectivity index (χ0n) is 9.11. The number of halogens is 1. The minimum atomic E-state index is 0. The van der Waals surface area contributed by atoms with E-state index in [0.717, 1.165) is 18.5 Å². The third-order valence-electron chi connectivity index (χ3n) is 3.76. The Kier molecular flexibility index (Phi) is 4.68. The van der Waals surface area contributed by atoms with Gasteiger partial charge in [-0.1, -0.05) is 6.92 Å². The van der Waals surface area contributed by atoms with Gasteiger partial charge in [0, 0.05) is 25.2 Å². The summed E-state index contributed by atoms with van der Waals surface area (Å²) in [4.78, 5) is 2.62. The van der Waals surface area contributed by atoms with E-state index in [4.69, 9.17) is 5.73 Å². The van der Waals surface area contributed by atoms with Gasteiger partial charge in [0.1, 0.15) is 0 Å². The lowest BCUT2D eigenvalue weighted by Crippen LogP contribution is -2.37. The third kappa shape index (κ3) is 2.85. The number of hydrogen-bond donors (Lipinski definition) is 1. The second kappa shape index (κ2) is 5.34. The predicted octanol–water partition coefficient (Wildman–Crippen LogP) is 2.02. The molecule has 1 heterocycles. The van der Waals surface area contributed by atoms with Crippen molar-refractivity contribution < 1.29 is 0 Å². The molecule has 0 spiro atoms. The van der Waals surface area contributed by atoms with Crippen LogP contribution in [0.1, 0.15) is 39.0 Å². The van der Waals surface area contributed by atoms with Gasteiger partial charge in [0.05, 0.1) is 0 Å². The summed E-state index contributed by atoms with van der Waals surface area (Å²) in [6.45, 7) is 4.78. The van der Waals surface area contributed by atoms with Crippen LogP contribution in [0.25, 0.3) is 0 Å². The molecule has 1 saturated carbocycles. The van der Waals surface area contributed by atoms with Crippen molar-refractivity contribution in [1.82, 2.24) is 4.90 Å². The molecule has 1 saturated heterocycles. The summed E-state index contributed by atoms with van der Waals surface area (Å²) in [5, 5.41) is 0. The van der Waals surface area contributed by atoms with Crippen LogP contribution in [0.5, 0.6) is 0 Å². The Balaban J connectivity index is 0.000000980. The minimum absolute atomic E-state index is 0. The molecular formula is C11H23ClN2. The Morgan fingerprint density at radius 3 is 2.21 bits per heavy atom. The molecule has 0 aromatic rings. The van der Waals surface area contributed by atoms with Crippen LogP contribution in [0, 0.1) is 5.92 Å². The Bertz CT molecular complexity index is 167. The molecule has 84 valence electrons. The first-order valence-corrected chi connectivity index (χ1v) is 5.75. The number of likely N-dealkylation sites (tertiary alicyclic amines) is 1. The average Bonchev–Trinajstić information content (AvgIpc) is 2.53. The molecule has 0 unspecified atom stereocenters. The minimum Gasteiger partial charge on any atom is -0.326 e. The molecule has 2 aliphatic rings. The van der Waals surface area contributed by atoms with Crippen molar-refractivity contribution in [1.29, 1.82) is 0 Å². The topological polar surface area (TPSA) is 29.3 Å². The van der Waals surface area contributed by atoms with E-state index in [2.05, 4.69) is 11.8 Å². The SMILES string of the molecule is CC1CCC(N2CC[C@H](N)C2)CC1.Cl. The van der Waals surface area contributed by atoms with Gasteiger partial charge < -0.3 is 5.73 Å². The molecule has 3 heteroatoms. The van der Waals surface area contributed by atoms with Crippen LogP contribution in [-0.2, 0) is 0 Å². The van der Waals surface area contributed by atoms with E-state index in [1.165, 1.54) is 38.6 Å². The van der Waals surface area contributed by atoms with Crippen LogP contribution < -0.4 is 5.73 Å². The van der Waals surface area contributed by atoms with E-state index in [1.54, 1.807) is 0 Å².